The predicted octanol–water partition coefficient (Wildman–Crippen LogP) is 0.563. The number of rotatable bonds is 5. The molecule has 2 rings (SSSR count). The van der Waals surface area contributed by atoms with E-state index in [1.54, 1.807) is 11.7 Å². The molecular formula is C12H13N5O3S. The van der Waals surface area contributed by atoms with E-state index in [1.807, 2.05) is 29.6 Å². The average Bonchev–Trinajstić information content (AvgIpc) is 2.93. The van der Waals surface area contributed by atoms with Gasteiger partial charge in [-0.2, -0.15) is 0 Å². The van der Waals surface area contributed by atoms with Crippen LogP contribution < -0.4 is 15.8 Å². The van der Waals surface area contributed by atoms with Crippen LogP contribution in [0.2, 0.25) is 0 Å². The molecule has 0 unspecified atom stereocenters. The Bertz CT molecular complexity index is 658. The number of hydrogen-bond acceptors (Lipinski definition) is 6. The third kappa shape index (κ3) is 3.96. The zero-order valence-corrected chi connectivity index (χ0v) is 12.0. The number of carbonyl (C=O) groups is 2. The largest absolute Gasteiger partial charge is 0.497 e. The van der Waals surface area contributed by atoms with Gasteiger partial charge in [0.05, 0.1) is 18.6 Å². The lowest BCUT2D eigenvalue weighted by Crippen LogP contribution is -2.36. The fraction of sp³-hybridized carbons (Fsp3) is 0.167. The number of nitrogens with zero attached hydrogens (tertiary/aromatic N) is 3. The number of nitrogens with one attached hydrogen (secondary N) is 1. The van der Waals surface area contributed by atoms with Crippen LogP contribution in [0.5, 0.6) is 5.75 Å². The number of methoxy groups -OCH3 is 1. The number of aromatic nitrogens is 3. The molecule has 0 spiro atoms. The van der Waals surface area contributed by atoms with E-state index in [-0.39, 0.29) is 5.75 Å². The molecule has 110 valence electrons. The number of carbonyl (C=O) groups excluding carboxylic acids is 2. The van der Waals surface area contributed by atoms with E-state index < -0.39 is 11.9 Å². The average molecular weight is 307 g/mol. The summed E-state index contributed by atoms with van der Waals surface area (Å²) in [6.07, 6.45) is 1.53. The summed E-state index contributed by atoms with van der Waals surface area (Å²) in [5.41, 5.74) is 5.67. The number of benzene rings is 1. The molecule has 0 saturated heterocycles. The molecule has 1 heterocycles. The van der Waals surface area contributed by atoms with Gasteiger partial charge in [-0.25, -0.2) is 4.79 Å². The maximum atomic E-state index is 11.4. The van der Waals surface area contributed by atoms with Crippen LogP contribution in [0.25, 0.3) is 5.69 Å². The van der Waals surface area contributed by atoms with Gasteiger partial charge in [-0.1, -0.05) is 17.8 Å². The summed E-state index contributed by atoms with van der Waals surface area (Å²) in [4.78, 5) is 22.0. The van der Waals surface area contributed by atoms with Crippen molar-refractivity contribution in [3.05, 3.63) is 30.6 Å². The Balaban J connectivity index is 2.11. The van der Waals surface area contributed by atoms with Crippen LogP contribution in [0.3, 0.4) is 0 Å². The van der Waals surface area contributed by atoms with Crippen molar-refractivity contribution >= 4 is 23.7 Å². The van der Waals surface area contributed by atoms with Gasteiger partial charge in [0.1, 0.15) is 12.1 Å². The Morgan fingerprint density at radius 2 is 2.29 bits per heavy atom. The zero-order valence-electron chi connectivity index (χ0n) is 11.1. The molecule has 0 aliphatic rings. The Labute approximate surface area is 124 Å². The van der Waals surface area contributed by atoms with Gasteiger partial charge in [-0.3, -0.25) is 14.7 Å². The standard InChI is InChI=1S/C12H13N5O3S/c1-20-9-4-2-3-8(5-9)17-7-14-16-12(17)21-6-10(18)15-11(13)19/h2-5,7H,6H2,1H3,(H3,13,15,18,19). The number of urea groups is 1. The van der Waals surface area contributed by atoms with E-state index in [1.165, 1.54) is 6.33 Å². The van der Waals surface area contributed by atoms with Crippen LogP contribution in [0.4, 0.5) is 4.79 Å². The maximum Gasteiger partial charge on any atom is 0.318 e. The second-order valence-corrected chi connectivity index (χ2v) is 4.83. The molecular weight excluding hydrogens is 294 g/mol. The minimum absolute atomic E-state index is 0.00556. The van der Waals surface area contributed by atoms with E-state index in [0.29, 0.717) is 10.9 Å². The van der Waals surface area contributed by atoms with Crippen molar-refractivity contribution in [2.75, 3.05) is 12.9 Å². The molecule has 21 heavy (non-hydrogen) atoms. The van der Waals surface area contributed by atoms with Crippen molar-refractivity contribution in [3.8, 4) is 11.4 Å². The molecule has 1 aromatic heterocycles. The summed E-state index contributed by atoms with van der Waals surface area (Å²) < 4.78 is 6.87. The first-order valence-electron chi connectivity index (χ1n) is 5.86. The molecule has 0 aliphatic carbocycles. The summed E-state index contributed by atoms with van der Waals surface area (Å²) in [6.45, 7) is 0. The minimum Gasteiger partial charge on any atom is -0.497 e. The zero-order chi connectivity index (χ0) is 15.2. The van der Waals surface area contributed by atoms with Gasteiger partial charge < -0.3 is 10.5 Å². The molecule has 0 aliphatic heterocycles. The van der Waals surface area contributed by atoms with Gasteiger partial charge in [0.15, 0.2) is 5.16 Å². The molecule has 0 bridgehead atoms. The first kappa shape index (κ1) is 14.9. The molecule has 1 aromatic carbocycles. The van der Waals surface area contributed by atoms with Crippen molar-refractivity contribution in [2.45, 2.75) is 5.16 Å². The number of amides is 3. The smallest absolute Gasteiger partial charge is 0.318 e. The van der Waals surface area contributed by atoms with Gasteiger partial charge in [-0.15, -0.1) is 10.2 Å². The Hall–Kier alpha value is -2.55. The first-order chi connectivity index (χ1) is 10.1. The van der Waals surface area contributed by atoms with Crippen molar-refractivity contribution in [1.29, 1.82) is 0 Å². The van der Waals surface area contributed by atoms with E-state index >= 15 is 0 Å². The quantitative estimate of drug-likeness (QED) is 0.781. The highest BCUT2D eigenvalue weighted by molar-refractivity contribution is 7.99. The van der Waals surface area contributed by atoms with Gasteiger partial charge in [0.25, 0.3) is 0 Å². The van der Waals surface area contributed by atoms with Crippen LogP contribution in [0.1, 0.15) is 0 Å². The Morgan fingerprint density at radius 1 is 1.48 bits per heavy atom. The fourth-order valence-corrected chi connectivity index (χ4v) is 2.29. The number of ether oxygens (including phenoxy) is 1. The summed E-state index contributed by atoms with van der Waals surface area (Å²) >= 11 is 1.14. The van der Waals surface area contributed by atoms with Crippen LogP contribution in [-0.4, -0.2) is 39.6 Å². The summed E-state index contributed by atoms with van der Waals surface area (Å²) in [7, 11) is 1.58. The molecule has 3 amide bonds. The second-order valence-electron chi connectivity index (χ2n) is 3.89. The first-order valence-corrected chi connectivity index (χ1v) is 6.85. The molecule has 8 nitrogen and oxygen atoms in total. The van der Waals surface area contributed by atoms with Crippen molar-refractivity contribution in [1.82, 2.24) is 20.1 Å². The lowest BCUT2D eigenvalue weighted by Gasteiger charge is -2.07. The van der Waals surface area contributed by atoms with E-state index in [2.05, 4.69) is 10.2 Å². The number of thioether (sulfide) groups is 1. The molecule has 0 atom stereocenters. The summed E-state index contributed by atoms with van der Waals surface area (Å²) in [5.74, 6) is 0.210. The van der Waals surface area contributed by atoms with Crippen LogP contribution in [0, 0.1) is 0 Å². The van der Waals surface area contributed by atoms with Crippen molar-refractivity contribution < 1.29 is 14.3 Å². The Kier molecular flexibility index (Phi) is 4.77. The molecule has 9 heteroatoms. The number of nitrogens with two attached hydrogens (primary N) is 1. The highest BCUT2D eigenvalue weighted by Gasteiger charge is 2.11. The minimum atomic E-state index is -0.880. The van der Waals surface area contributed by atoms with E-state index in [0.717, 1.165) is 17.4 Å². The maximum absolute atomic E-state index is 11.4. The number of imide groups is 1. The molecule has 0 radical (unpaired) electrons. The lowest BCUT2D eigenvalue weighted by atomic mass is 10.3. The second kappa shape index (κ2) is 6.75. The van der Waals surface area contributed by atoms with Gasteiger partial charge >= 0.3 is 6.03 Å². The van der Waals surface area contributed by atoms with E-state index in [9.17, 15) is 9.59 Å². The summed E-state index contributed by atoms with van der Waals surface area (Å²) in [5, 5.41) is 10.3. The lowest BCUT2D eigenvalue weighted by molar-refractivity contribution is -0.117. The van der Waals surface area contributed by atoms with Crippen LogP contribution in [0.15, 0.2) is 35.7 Å². The van der Waals surface area contributed by atoms with Crippen LogP contribution in [-0.2, 0) is 4.79 Å². The third-order valence-corrected chi connectivity index (χ3v) is 3.39. The summed E-state index contributed by atoms with van der Waals surface area (Å²) in [6, 6.07) is 6.45. The van der Waals surface area contributed by atoms with Gasteiger partial charge in [0.2, 0.25) is 5.91 Å². The topological polar surface area (TPSA) is 112 Å². The molecule has 0 fully saturated rings. The normalized spacial score (nSPS) is 10.1. The van der Waals surface area contributed by atoms with Crippen molar-refractivity contribution in [2.24, 2.45) is 5.73 Å². The monoisotopic (exact) mass is 307 g/mol. The SMILES string of the molecule is COc1cccc(-n2cnnc2SCC(=O)NC(N)=O)c1. The highest BCUT2D eigenvalue weighted by Crippen LogP contribution is 2.22. The third-order valence-electron chi connectivity index (χ3n) is 2.44. The number of primary amides is 1. The molecule has 2 aromatic rings. The van der Waals surface area contributed by atoms with Crippen molar-refractivity contribution in [3.63, 3.8) is 0 Å². The van der Waals surface area contributed by atoms with Gasteiger partial charge in [0, 0.05) is 6.07 Å². The predicted molar refractivity (Wildman–Crippen MR) is 76.4 cm³/mol. The molecule has 3 N–H and O–H groups in total. The van der Waals surface area contributed by atoms with E-state index in [4.69, 9.17) is 10.5 Å². The fourth-order valence-electron chi connectivity index (χ4n) is 1.56. The Morgan fingerprint density at radius 3 is 3.00 bits per heavy atom. The number of hydrogen-bond donors (Lipinski definition) is 2. The highest BCUT2D eigenvalue weighted by atomic mass is 32.2. The van der Waals surface area contributed by atoms with Gasteiger partial charge in [-0.05, 0) is 12.1 Å². The van der Waals surface area contributed by atoms with Crippen LogP contribution >= 0.6 is 11.8 Å². The molecule has 0 saturated carbocycles.